The third-order valence-electron chi connectivity index (χ3n) is 15.8. The highest BCUT2D eigenvalue weighted by Gasteiger charge is 2.84. The number of methoxy groups -OCH3 is 2. The van der Waals surface area contributed by atoms with Gasteiger partial charge in [-0.2, -0.15) is 0 Å². The molecule has 24 heteroatoms. The van der Waals surface area contributed by atoms with Crippen LogP contribution < -0.4 is 9.47 Å². The van der Waals surface area contributed by atoms with E-state index in [1.54, 1.807) is 57.2 Å². The van der Waals surface area contributed by atoms with Gasteiger partial charge >= 0.3 is 42.1 Å². The van der Waals surface area contributed by atoms with Gasteiger partial charge in [-0.3, -0.25) is 19.3 Å². The van der Waals surface area contributed by atoms with E-state index in [1.807, 2.05) is 13.8 Å². The van der Waals surface area contributed by atoms with Gasteiger partial charge in [0.25, 0.3) is 3.79 Å². The molecule has 2 bridgehead atoms. The number of benzene rings is 2. The monoisotopic (exact) mass is 1160 g/mol. The lowest BCUT2D eigenvalue weighted by Gasteiger charge is -2.67. The molecule has 0 radical (unpaired) electrons. The normalized spacial score (nSPS) is 32.5. The van der Waals surface area contributed by atoms with E-state index in [0.717, 1.165) is 13.8 Å². The van der Waals surface area contributed by atoms with Crippen LogP contribution in [0.2, 0.25) is 0 Å². The van der Waals surface area contributed by atoms with Gasteiger partial charge < -0.3 is 56.8 Å². The summed E-state index contributed by atoms with van der Waals surface area (Å²) in [6.07, 6.45) is -16.3. The van der Waals surface area contributed by atoms with Crippen molar-refractivity contribution >= 4 is 82.7 Å². The van der Waals surface area contributed by atoms with Gasteiger partial charge in [0.05, 0.1) is 43.8 Å². The summed E-state index contributed by atoms with van der Waals surface area (Å²) in [5.41, 5.74) is -9.67. The number of halogens is 3. The first-order valence-electron chi connectivity index (χ1n) is 25.5. The molecular formula is C55H64Cl3NO20. The largest absolute Gasteiger partial charge is 0.509 e. The number of Topliss-reactive ketones (excluding diaryl/α,β-unsaturated/α-hetero) is 1. The van der Waals surface area contributed by atoms with Gasteiger partial charge in [-0.1, -0.05) is 80.7 Å². The fourth-order valence-electron chi connectivity index (χ4n) is 12.7. The zero-order chi connectivity index (χ0) is 58.3. The second-order valence-corrected chi connectivity index (χ2v) is 24.9. The van der Waals surface area contributed by atoms with Crippen LogP contribution in [-0.4, -0.2) is 143 Å². The minimum absolute atomic E-state index is 0.00645. The highest BCUT2D eigenvalue weighted by molar-refractivity contribution is 6.75. The summed E-state index contributed by atoms with van der Waals surface area (Å²) < 4.78 is 71.5. The highest BCUT2D eigenvalue weighted by Crippen LogP contribution is 2.67. The fraction of sp³-hybridized carbons (Fsp3) is 0.600. The van der Waals surface area contributed by atoms with Crippen LogP contribution in [0.15, 0.2) is 59.7 Å². The van der Waals surface area contributed by atoms with Crippen molar-refractivity contribution in [2.75, 3.05) is 20.8 Å². The van der Waals surface area contributed by atoms with Gasteiger partial charge in [0.2, 0.25) is 5.60 Å². The summed E-state index contributed by atoms with van der Waals surface area (Å²) >= 11 is 18.3. The molecule has 21 nitrogen and oxygen atoms in total. The van der Waals surface area contributed by atoms with E-state index in [4.69, 9.17) is 91.6 Å². The number of fused-ring (bicyclic) bond motifs is 4. The zero-order valence-corrected chi connectivity index (χ0v) is 48.1. The molecule has 0 N–H and O–H groups in total. The van der Waals surface area contributed by atoms with Crippen molar-refractivity contribution in [2.45, 2.75) is 165 Å². The van der Waals surface area contributed by atoms with Crippen LogP contribution in [0.1, 0.15) is 111 Å². The van der Waals surface area contributed by atoms with Crippen LogP contribution in [0, 0.1) is 22.7 Å². The number of esters is 5. The fourth-order valence-corrected chi connectivity index (χ4v) is 12.8. The first-order valence-corrected chi connectivity index (χ1v) is 26.7. The van der Waals surface area contributed by atoms with Gasteiger partial charge in [0.15, 0.2) is 48.1 Å². The molecule has 2 aromatic rings. The SMILES string of the molecule is COc1ccc(C2O[C@@H](C(=O)O[C@@H]3C(C)=C4[C@@H](OC(C)=O)C(=O)[C@]5(C)[C@@H](OC(=O)C(Cl)(Cl)Cl)C[C@H]6OC[C@@]6(OC(C)=O)[C@H]5[C@H](OC(=O)c5ccccc5)[C@@]5(OC(=O)O[C@@H]35)C4(C)C)[C@H](CC(C)C)N2C(=O)OC(C)(C)C)c(OC)c1. The second kappa shape index (κ2) is 21.2. The first-order chi connectivity index (χ1) is 36.8. The van der Waals surface area contributed by atoms with Gasteiger partial charge in [0.1, 0.15) is 29.3 Å². The molecule has 6 aliphatic rings. The van der Waals surface area contributed by atoms with E-state index in [2.05, 4.69) is 0 Å². The number of carbonyl (C=O) groups is 8. The second-order valence-electron chi connectivity index (χ2n) is 22.6. The van der Waals surface area contributed by atoms with Crippen LogP contribution >= 0.6 is 34.8 Å². The van der Waals surface area contributed by atoms with Gasteiger partial charge in [-0.05, 0) is 82.4 Å². The summed E-state index contributed by atoms with van der Waals surface area (Å²) in [7, 11) is 2.87. The summed E-state index contributed by atoms with van der Waals surface area (Å²) in [5, 5.41) is 0. The van der Waals surface area contributed by atoms with E-state index < -0.39 is 153 Å². The number of carbonyl (C=O) groups excluding carboxylic acids is 8. The number of rotatable bonds is 12. The van der Waals surface area contributed by atoms with Crippen LogP contribution in [-0.2, 0) is 71.3 Å². The quantitative estimate of drug-likeness (QED) is 0.0843. The molecule has 5 fully saturated rings. The van der Waals surface area contributed by atoms with Crippen molar-refractivity contribution in [3.63, 3.8) is 0 Å². The predicted octanol–water partition coefficient (Wildman–Crippen LogP) is 8.04. The topological polar surface area (TPSA) is 251 Å². The third kappa shape index (κ3) is 10.1. The molecule has 1 spiro atoms. The Morgan fingerprint density at radius 2 is 1.54 bits per heavy atom. The minimum Gasteiger partial charge on any atom is -0.497 e. The average Bonchev–Trinajstić information content (AvgIpc) is 2.01. The Morgan fingerprint density at radius 3 is 2.10 bits per heavy atom. The molecular weight excluding hydrogens is 1100 g/mol. The number of hydrogen-bond acceptors (Lipinski definition) is 20. The minimum atomic E-state index is -2.73. The molecule has 3 aliphatic heterocycles. The Balaban J connectivity index is 1.39. The molecule has 2 saturated carbocycles. The number of hydrogen-bond donors (Lipinski definition) is 0. The molecule has 13 atom stereocenters. The van der Waals surface area contributed by atoms with Crippen molar-refractivity contribution in [2.24, 2.45) is 22.7 Å². The highest BCUT2D eigenvalue weighted by atomic mass is 35.6. The molecule has 1 amide bonds. The Labute approximate surface area is 471 Å². The Hall–Kier alpha value is -5.87. The lowest BCUT2D eigenvalue weighted by atomic mass is 9.44. The predicted molar refractivity (Wildman–Crippen MR) is 276 cm³/mol. The summed E-state index contributed by atoms with van der Waals surface area (Å²) in [6, 6.07) is 11.3. The maximum absolute atomic E-state index is 16.4. The van der Waals surface area contributed by atoms with Crippen molar-refractivity contribution in [1.82, 2.24) is 4.90 Å². The van der Waals surface area contributed by atoms with Crippen LogP contribution in [0.25, 0.3) is 0 Å². The van der Waals surface area contributed by atoms with Crippen LogP contribution in [0.4, 0.5) is 9.59 Å². The molecule has 3 heterocycles. The van der Waals surface area contributed by atoms with Gasteiger partial charge in [-0.15, -0.1) is 0 Å². The Bertz CT molecular complexity index is 2840. The van der Waals surface area contributed by atoms with E-state index in [-0.39, 0.29) is 34.8 Å². The average molecular weight is 1170 g/mol. The molecule has 79 heavy (non-hydrogen) atoms. The van der Waals surface area contributed by atoms with Crippen LogP contribution in [0.3, 0.4) is 0 Å². The summed E-state index contributed by atoms with van der Waals surface area (Å²) in [6.45, 7) is 16.2. The molecule has 8 rings (SSSR count). The van der Waals surface area contributed by atoms with E-state index in [0.29, 0.717) is 11.3 Å². The maximum atomic E-state index is 16.4. The molecule has 0 aromatic heterocycles. The number of ether oxygens (including phenoxy) is 12. The van der Waals surface area contributed by atoms with Crippen LogP contribution in [0.5, 0.6) is 11.5 Å². The van der Waals surface area contributed by atoms with Crippen molar-refractivity contribution in [3.05, 3.63) is 70.8 Å². The standard InChI is InChI=1S/C55H64Cl3NO20/c1-25(2)21-32-38(73-44(59(32)48(66)78-50(6,7)8)31-20-19-30(68-12)22-33(31)69-13)46(64)74-37-26(3)36-39(71-27(4)60)41(62)52(11)34(72-47(65)55(56,57)58)23-35-53(24-70-35,77-28(5)61)40(52)43(75-45(63)29-17-15-14-16-18-29)54(51(36,9)10)42(37)76-49(67)79-54/h14-20,22,25,32,34-35,37-40,42-44H,21,23-24H2,1-13H3/t32-,34-,35+,37+,38+,39+,40-,42-,43-,44?,52+,53-,54+/m0/s1. The van der Waals surface area contributed by atoms with Crippen molar-refractivity contribution < 1.29 is 95.2 Å². The number of amides is 1. The van der Waals surface area contributed by atoms with Crippen molar-refractivity contribution in [1.29, 1.82) is 0 Å². The molecule has 2 aromatic carbocycles. The van der Waals surface area contributed by atoms with E-state index in [1.165, 1.54) is 58.9 Å². The molecule has 1 unspecified atom stereocenters. The number of nitrogens with zero attached hydrogens (tertiary/aromatic N) is 1. The lowest BCUT2D eigenvalue weighted by molar-refractivity contribution is -0.346. The Kier molecular flexibility index (Phi) is 15.9. The van der Waals surface area contributed by atoms with E-state index >= 15 is 9.59 Å². The maximum Gasteiger partial charge on any atom is 0.509 e. The lowest BCUT2D eigenvalue weighted by Crippen LogP contribution is -2.83. The van der Waals surface area contributed by atoms with E-state index in [9.17, 15) is 28.8 Å². The number of alkyl halides is 3. The summed E-state index contributed by atoms with van der Waals surface area (Å²) in [4.78, 5) is 118. The van der Waals surface area contributed by atoms with Gasteiger partial charge in [-0.25, -0.2) is 24.0 Å². The smallest absolute Gasteiger partial charge is 0.497 e. The summed E-state index contributed by atoms with van der Waals surface area (Å²) in [5.74, 6) is -7.94. The third-order valence-corrected chi connectivity index (χ3v) is 16.3. The Morgan fingerprint density at radius 1 is 0.873 bits per heavy atom. The molecule has 3 saturated heterocycles. The zero-order valence-electron chi connectivity index (χ0n) is 45.8. The number of ketones is 1. The first kappa shape index (κ1) is 59.3. The van der Waals surface area contributed by atoms with Crippen molar-refractivity contribution in [3.8, 4) is 11.5 Å². The molecule has 430 valence electrons. The molecule has 3 aliphatic carbocycles. The van der Waals surface area contributed by atoms with Gasteiger partial charge in [0, 0.05) is 37.3 Å².